The zero-order valence-electron chi connectivity index (χ0n) is 7.62. The van der Waals surface area contributed by atoms with Gasteiger partial charge >= 0.3 is 0 Å². The van der Waals surface area contributed by atoms with Crippen LogP contribution in [0.25, 0.3) is 0 Å². The van der Waals surface area contributed by atoms with Gasteiger partial charge in [-0.05, 0) is 6.42 Å². The number of aliphatic hydroxyl groups is 1. The summed E-state index contributed by atoms with van der Waals surface area (Å²) in [6.07, 6.45) is 0.713. The second-order valence-corrected chi connectivity index (χ2v) is 3.49. The minimum absolute atomic E-state index is 0.0366. The molecule has 0 spiro atoms. The van der Waals surface area contributed by atoms with Crippen molar-refractivity contribution >= 4 is 17.7 Å². The Morgan fingerprint density at radius 2 is 2.46 bits per heavy atom. The SMILES string of the molecule is CC[C@H](CO)NC(=O)CSCC#N. The molecule has 74 valence electrons. The third kappa shape index (κ3) is 6.43. The lowest BCUT2D eigenvalue weighted by atomic mass is 10.2. The van der Waals surface area contributed by atoms with Crippen molar-refractivity contribution in [2.75, 3.05) is 18.1 Å². The van der Waals surface area contributed by atoms with Crippen LogP contribution in [0.15, 0.2) is 0 Å². The molecule has 13 heavy (non-hydrogen) atoms. The molecule has 0 saturated carbocycles. The molecule has 0 aliphatic heterocycles. The van der Waals surface area contributed by atoms with E-state index in [9.17, 15) is 4.79 Å². The summed E-state index contributed by atoms with van der Waals surface area (Å²) < 4.78 is 0. The first-order valence-corrected chi connectivity index (χ1v) is 5.25. The van der Waals surface area contributed by atoms with Crippen molar-refractivity contribution in [3.8, 4) is 6.07 Å². The molecule has 0 saturated heterocycles. The maximum absolute atomic E-state index is 11.1. The topological polar surface area (TPSA) is 73.1 Å². The van der Waals surface area contributed by atoms with E-state index in [0.717, 1.165) is 0 Å². The smallest absolute Gasteiger partial charge is 0.230 e. The Balaban J connectivity index is 3.55. The number of carbonyl (C=O) groups is 1. The van der Waals surface area contributed by atoms with Crippen LogP contribution in [0.1, 0.15) is 13.3 Å². The largest absolute Gasteiger partial charge is 0.394 e. The van der Waals surface area contributed by atoms with Crippen LogP contribution in [0.2, 0.25) is 0 Å². The highest BCUT2D eigenvalue weighted by molar-refractivity contribution is 8.00. The van der Waals surface area contributed by atoms with Crippen LogP contribution in [0.3, 0.4) is 0 Å². The van der Waals surface area contributed by atoms with Crippen molar-refractivity contribution in [1.29, 1.82) is 5.26 Å². The number of amides is 1. The van der Waals surface area contributed by atoms with E-state index in [1.807, 2.05) is 13.0 Å². The van der Waals surface area contributed by atoms with Gasteiger partial charge in [-0.3, -0.25) is 4.79 Å². The summed E-state index contributed by atoms with van der Waals surface area (Å²) >= 11 is 1.27. The molecule has 0 aromatic carbocycles. The first-order chi connectivity index (χ1) is 6.24. The number of nitrogens with zero attached hydrogens (tertiary/aromatic N) is 1. The highest BCUT2D eigenvalue weighted by atomic mass is 32.2. The molecule has 5 heteroatoms. The van der Waals surface area contributed by atoms with Gasteiger partial charge in [0.1, 0.15) is 0 Å². The Labute approximate surface area is 82.3 Å². The molecule has 4 nitrogen and oxygen atoms in total. The van der Waals surface area contributed by atoms with E-state index in [4.69, 9.17) is 10.4 Å². The molecule has 1 amide bonds. The molecule has 0 aliphatic carbocycles. The van der Waals surface area contributed by atoms with Crippen LogP contribution in [-0.2, 0) is 4.79 Å². The Bertz CT molecular complexity index is 187. The molecular formula is C8H14N2O2S. The van der Waals surface area contributed by atoms with Crippen molar-refractivity contribution in [2.24, 2.45) is 0 Å². The van der Waals surface area contributed by atoms with Crippen LogP contribution >= 0.6 is 11.8 Å². The number of nitrogens with one attached hydrogen (secondary N) is 1. The second-order valence-electron chi connectivity index (χ2n) is 2.51. The van der Waals surface area contributed by atoms with Gasteiger partial charge in [0.25, 0.3) is 0 Å². The highest BCUT2D eigenvalue weighted by Gasteiger charge is 2.08. The first-order valence-electron chi connectivity index (χ1n) is 4.09. The molecule has 0 radical (unpaired) electrons. The fourth-order valence-electron chi connectivity index (χ4n) is 0.736. The number of rotatable bonds is 6. The van der Waals surface area contributed by atoms with Gasteiger partial charge in [-0.1, -0.05) is 6.92 Å². The van der Waals surface area contributed by atoms with Crippen molar-refractivity contribution in [2.45, 2.75) is 19.4 Å². The Morgan fingerprint density at radius 1 is 1.77 bits per heavy atom. The van der Waals surface area contributed by atoms with Crippen LogP contribution in [0.5, 0.6) is 0 Å². The maximum Gasteiger partial charge on any atom is 0.230 e. The molecule has 0 fully saturated rings. The first kappa shape index (κ1) is 12.3. The third-order valence-electron chi connectivity index (χ3n) is 1.48. The summed E-state index contributed by atoms with van der Waals surface area (Å²) in [6, 6.07) is 1.78. The predicted octanol–water partition coefficient (Wildman–Crippen LogP) is 0.130. The van der Waals surface area contributed by atoms with Gasteiger partial charge < -0.3 is 10.4 Å². The fourth-order valence-corrected chi connectivity index (χ4v) is 1.20. The van der Waals surface area contributed by atoms with Crippen LogP contribution in [0, 0.1) is 11.3 Å². The summed E-state index contributed by atoms with van der Waals surface area (Å²) in [6.45, 7) is 1.86. The van der Waals surface area contributed by atoms with E-state index >= 15 is 0 Å². The van der Waals surface area contributed by atoms with Crippen LogP contribution < -0.4 is 5.32 Å². The van der Waals surface area contributed by atoms with E-state index in [2.05, 4.69) is 5.32 Å². The van der Waals surface area contributed by atoms with Gasteiger partial charge in [-0.2, -0.15) is 5.26 Å². The zero-order chi connectivity index (χ0) is 10.1. The molecule has 0 heterocycles. The lowest BCUT2D eigenvalue weighted by molar-refractivity contribution is -0.119. The summed E-state index contributed by atoms with van der Waals surface area (Å²) in [5, 5.41) is 19.6. The number of aliphatic hydroxyl groups excluding tert-OH is 1. The Hall–Kier alpha value is -0.730. The van der Waals surface area contributed by atoms with Crippen molar-refractivity contribution in [3.05, 3.63) is 0 Å². The predicted molar refractivity (Wildman–Crippen MR) is 52.2 cm³/mol. The Kier molecular flexibility index (Phi) is 7.45. The van der Waals surface area contributed by atoms with Crippen molar-refractivity contribution in [3.63, 3.8) is 0 Å². The highest BCUT2D eigenvalue weighted by Crippen LogP contribution is 1.98. The van der Waals surface area contributed by atoms with E-state index in [1.54, 1.807) is 0 Å². The molecule has 0 aromatic heterocycles. The lowest BCUT2D eigenvalue weighted by Crippen LogP contribution is -2.38. The van der Waals surface area contributed by atoms with Gasteiger partial charge in [-0.25, -0.2) is 0 Å². The molecule has 2 N–H and O–H groups in total. The van der Waals surface area contributed by atoms with Gasteiger partial charge in [0.2, 0.25) is 5.91 Å². The number of thioether (sulfide) groups is 1. The number of nitriles is 1. The minimum Gasteiger partial charge on any atom is -0.394 e. The number of carbonyl (C=O) groups excluding carboxylic acids is 1. The van der Waals surface area contributed by atoms with Crippen LogP contribution in [-0.4, -0.2) is 35.2 Å². The summed E-state index contributed by atoms with van der Waals surface area (Å²) in [4.78, 5) is 11.1. The normalized spacial score (nSPS) is 11.8. The van der Waals surface area contributed by atoms with E-state index in [-0.39, 0.29) is 24.3 Å². The molecule has 0 unspecified atom stereocenters. The Morgan fingerprint density at radius 3 is 2.92 bits per heavy atom. The van der Waals surface area contributed by atoms with Gasteiger partial charge in [0, 0.05) is 0 Å². The van der Waals surface area contributed by atoms with Gasteiger partial charge in [0.15, 0.2) is 0 Å². The molecular weight excluding hydrogens is 188 g/mol. The average Bonchev–Trinajstić information content (AvgIpc) is 2.14. The van der Waals surface area contributed by atoms with Gasteiger partial charge in [0.05, 0.1) is 30.2 Å². The van der Waals surface area contributed by atoms with E-state index < -0.39 is 0 Å². The van der Waals surface area contributed by atoms with Gasteiger partial charge in [-0.15, -0.1) is 11.8 Å². The molecule has 0 bridgehead atoms. The molecule has 0 rings (SSSR count). The summed E-state index contributed by atoms with van der Waals surface area (Å²) in [5.41, 5.74) is 0. The monoisotopic (exact) mass is 202 g/mol. The summed E-state index contributed by atoms with van der Waals surface area (Å²) in [7, 11) is 0. The van der Waals surface area contributed by atoms with Crippen LogP contribution in [0.4, 0.5) is 0 Å². The zero-order valence-corrected chi connectivity index (χ0v) is 8.43. The van der Waals surface area contributed by atoms with E-state index in [1.165, 1.54) is 11.8 Å². The summed E-state index contributed by atoms with van der Waals surface area (Å²) in [5.74, 6) is 0.481. The molecule has 0 aromatic rings. The fraction of sp³-hybridized carbons (Fsp3) is 0.750. The molecule has 1 atom stereocenters. The molecule has 0 aliphatic rings. The number of hydrogen-bond acceptors (Lipinski definition) is 4. The van der Waals surface area contributed by atoms with Crippen molar-refractivity contribution in [1.82, 2.24) is 5.32 Å². The number of hydrogen-bond donors (Lipinski definition) is 2. The quantitative estimate of drug-likeness (QED) is 0.600. The maximum atomic E-state index is 11.1. The minimum atomic E-state index is -0.157. The van der Waals surface area contributed by atoms with Crippen molar-refractivity contribution < 1.29 is 9.90 Å². The third-order valence-corrected chi connectivity index (χ3v) is 2.28. The lowest BCUT2D eigenvalue weighted by Gasteiger charge is -2.13. The second kappa shape index (κ2) is 7.90. The average molecular weight is 202 g/mol. The van der Waals surface area contributed by atoms with E-state index in [0.29, 0.717) is 12.2 Å². The standard InChI is InChI=1S/C8H14N2O2S/c1-2-7(5-11)10-8(12)6-13-4-3-9/h7,11H,2,4-6H2,1H3,(H,10,12)/t7-/m1/s1.